The van der Waals surface area contributed by atoms with Crippen molar-refractivity contribution in [2.45, 2.75) is 90.8 Å². The first kappa shape index (κ1) is 35.5. The topological polar surface area (TPSA) is 152 Å². The molecule has 248 valence electrons. The normalized spacial score (nSPS) is 14.1. The monoisotopic (exact) mass is 682 g/mol. The van der Waals surface area contributed by atoms with Gasteiger partial charge in [0.1, 0.15) is 29.7 Å². The molecule has 0 bridgehead atoms. The average Bonchev–Trinajstić information content (AvgIpc) is 3.55. The Balaban J connectivity index is 2.06. The number of benzene rings is 1. The molecule has 0 aliphatic heterocycles. The number of imidazole rings is 1. The van der Waals surface area contributed by atoms with Crippen LogP contribution in [-0.2, 0) is 33.5 Å². The smallest absolute Gasteiger partial charge is 0.416 e. The number of aryl methyl sites for hydroxylation is 2. The quantitative estimate of drug-likeness (QED) is 0.120. The fourth-order valence-electron chi connectivity index (χ4n) is 5.76. The third kappa shape index (κ3) is 7.61. The van der Waals surface area contributed by atoms with Crippen LogP contribution in [0.15, 0.2) is 30.6 Å². The summed E-state index contributed by atoms with van der Waals surface area (Å²) in [4.78, 5) is 21.8. The number of hydrogen-bond donors (Lipinski definition) is 2. The lowest BCUT2D eigenvalue weighted by molar-refractivity contribution is 0.0853. The maximum absolute atomic E-state index is 14.0. The molecule has 1 unspecified atom stereocenters. The third-order valence-corrected chi connectivity index (χ3v) is 13.5. The molecule has 4 aromatic rings. The van der Waals surface area contributed by atoms with Crippen LogP contribution in [0, 0.1) is 18.3 Å². The molecule has 0 saturated carbocycles. The number of ether oxygens (including phenoxy) is 1. The highest BCUT2D eigenvalue weighted by atomic mass is 32.2. The Labute approximate surface area is 273 Å². The minimum Gasteiger partial charge on any atom is -0.464 e. The molecular formula is C32H46N6O5SSi2. The van der Waals surface area contributed by atoms with Crippen molar-refractivity contribution in [1.29, 1.82) is 5.26 Å². The fraction of sp³-hybridized carbons (Fsp3) is 0.500. The van der Waals surface area contributed by atoms with Gasteiger partial charge in [0.2, 0.25) is 10.0 Å². The van der Waals surface area contributed by atoms with Crippen LogP contribution in [0.4, 0.5) is 4.79 Å². The molecular weight excluding hydrogens is 637 g/mol. The lowest BCUT2D eigenvalue weighted by Gasteiger charge is -2.34. The second-order valence-corrected chi connectivity index (χ2v) is 27.6. The van der Waals surface area contributed by atoms with Gasteiger partial charge in [-0.15, -0.1) is 0 Å². The molecule has 46 heavy (non-hydrogen) atoms. The van der Waals surface area contributed by atoms with Crippen molar-refractivity contribution >= 4 is 54.3 Å². The van der Waals surface area contributed by atoms with Gasteiger partial charge in [-0.05, 0) is 61.2 Å². The maximum Gasteiger partial charge on any atom is 0.416 e. The van der Waals surface area contributed by atoms with Gasteiger partial charge in [0, 0.05) is 40.5 Å². The molecule has 3 heterocycles. The summed E-state index contributed by atoms with van der Waals surface area (Å²) in [6.45, 7) is 19.4. The van der Waals surface area contributed by atoms with Crippen LogP contribution < -0.4 is 4.72 Å². The van der Waals surface area contributed by atoms with Crippen molar-refractivity contribution < 1.29 is 23.1 Å². The number of hydrogen-bond acceptors (Lipinski definition) is 7. The Morgan fingerprint density at radius 1 is 1.15 bits per heavy atom. The van der Waals surface area contributed by atoms with E-state index in [2.05, 4.69) is 55.1 Å². The lowest BCUT2D eigenvalue weighted by Crippen LogP contribution is -2.48. The van der Waals surface area contributed by atoms with E-state index in [4.69, 9.17) is 9.72 Å². The molecule has 2 N–H and O–H groups in total. The number of carboxylic acid groups (broad SMARTS) is 1. The lowest BCUT2D eigenvalue weighted by atomic mass is 9.83. The minimum absolute atomic E-state index is 0.0608. The number of aromatic nitrogens is 4. The van der Waals surface area contributed by atoms with Crippen molar-refractivity contribution in [3.8, 4) is 6.07 Å². The molecule has 0 amide bonds. The number of fused-ring (bicyclic) bond motifs is 2. The maximum atomic E-state index is 14.0. The number of pyridine rings is 1. The summed E-state index contributed by atoms with van der Waals surface area (Å²) < 4.78 is 40.3. The van der Waals surface area contributed by atoms with Gasteiger partial charge in [-0.1, -0.05) is 52.3 Å². The molecule has 14 heteroatoms. The second-order valence-electron chi connectivity index (χ2n) is 14.6. The zero-order valence-electron chi connectivity index (χ0n) is 28.4. The minimum atomic E-state index is -3.89. The van der Waals surface area contributed by atoms with Crippen molar-refractivity contribution in [3.05, 3.63) is 58.7 Å². The van der Waals surface area contributed by atoms with E-state index >= 15 is 0 Å². The predicted molar refractivity (Wildman–Crippen MR) is 187 cm³/mol. The van der Waals surface area contributed by atoms with Crippen LogP contribution >= 0.6 is 0 Å². The summed E-state index contributed by atoms with van der Waals surface area (Å²) in [5.74, 6) is 0.284. The second kappa shape index (κ2) is 13.0. The summed E-state index contributed by atoms with van der Waals surface area (Å²) in [5.41, 5.74) is 2.45. The highest BCUT2D eigenvalue weighted by molar-refractivity contribution is 7.89. The Bertz CT molecular complexity index is 1930. The van der Waals surface area contributed by atoms with Gasteiger partial charge >= 0.3 is 6.09 Å². The fourth-order valence-corrected chi connectivity index (χ4v) is 11.0. The molecule has 0 spiro atoms. The largest absolute Gasteiger partial charge is 0.464 e. The van der Waals surface area contributed by atoms with Crippen LogP contribution in [0.5, 0.6) is 0 Å². The van der Waals surface area contributed by atoms with E-state index in [1.165, 1.54) is 12.4 Å². The molecule has 0 aliphatic rings. The predicted octanol–water partition coefficient (Wildman–Crippen LogP) is 6.49. The van der Waals surface area contributed by atoms with E-state index in [-0.39, 0.29) is 12.5 Å². The zero-order valence-corrected chi connectivity index (χ0v) is 31.2. The van der Waals surface area contributed by atoms with E-state index in [9.17, 15) is 23.6 Å². The molecule has 3 aromatic heterocycles. The van der Waals surface area contributed by atoms with Crippen LogP contribution in [0.3, 0.4) is 0 Å². The molecule has 1 aromatic carbocycles. The number of rotatable bonds is 13. The summed E-state index contributed by atoms with van der Waals surface area (Å²) in [5, 5.41) is 20.2. The number of carbonyl (C=O) groups is 1. The first-order valence-electron chi connectivity index (χ1n) is 15.5. The number of sulfonamides is 1. The molecule has 11 nitrogen and oxygen atoms in total. The number of nitrogens with one attached hydrogen (secondary N) is 1. The van der Waals surface area contributed by atoms with E-state index in [0.29, 0.717) is 58.1 Å². The summed E-state index contributed by atoms with van der Waals surface area (Å²) >= 11 is 0. The number of nitrogens with zero attached hydrogens (tertiary/aromatic N) is 5. The van der Waals surface area contributed by atoms with Gasteiger partial charge < -0.3 is 9.84 Å². The molecule has 0 radical (unpaired) electrons. The van der Waals surface area contributed by atoms with Crippen LogP contribution in [-0.4, -0.2) is 67.2 Å². The van der Waals surface area contributed by atoms with E-state index in [1.54, 1.807) is 23.6 Å². The highest BCUT2D eigenvalue weighted by Gasteiger charge is 2.42. The van der Waals surface area contributed by atoms with E-state index in [1.807, 2.05) is 19.9 Å². The first-order chi connectivity index (χ1) is 21.3. The van der Waals surface area contributed by atoms with Crippen molar-refractivity contribution in [2.75, 3.05) is 12.4 Å². The zero-order chi connectivity index (χ0) is 34.2. The van der Waals surface area contributed by atoms with Crippen LogP contribution in [0.2, 0.25) is 51.4 Å². The van der Waals surface area contributed by atoms with E-state index in [0.717, 1.165) is 21.7 Å². The van der Waals surface area contributed by atoms with Gasteiger partial charge in [-0.2, -0.15) is 9.98 Å². The average molecular weight is 683 g/mol. The SMILES string of the molecule is CCc1cc(C)c2c(ccn2C(=O)O)c1C(C)(NS(=O)(=O)CC[Si](C)(C)C)c1nc2cc(C#N)cnc2n1COCC[Si](C)(C)C. The molecule has 0 saturated heterocycles. The van der Waals surface area contributed by atoms with Gasteiger partial charge in [0.25, 0.3) is 0 Å². The van der Waals surface area contributed by atoms with Gasteiger partial charge in [0.05, 0.1) is 16.8 Å². The van der Waals surface area contributed by atoms with Gasteiger partial charge in [-0.25, -0.2) is 23.2 Å². The van der Waals surface area contributed by atoms with Crippen LogP contribution in [0.1, 0.15) is 41.9 Å². The van der Waals surface area contributed by atoms with Crippen LogP contribution in [0.25, 0.3) is 22.1 Å². The van der Waals surface area contributed by atoms with Crippen molar-refractivity contribution in [2.24, 2.45) is 0 Å². The Morgan fingerprint density at radius 3 is 2.41 bits per heavy atom. The van der Waals surface area contributed by atoms with E-state index < -0.39 is 37.8 Å². The molecule has 1 atom stereocenters. The summed E-state index contributed by atoms with van der Waals surface area (Å²) in [7, 11) is -7.02. The summed E-state index contributed by atoms with van der Waals surface area (Å²) in [6, 6.07) is 8.89. The van der Waals surface area contributed by atoms with Crippen molar-refractivity contribution in [3.63, 3.8) is 0 Å². The highest BCUT2D eigenvalue weighted by Crippen LogP contribution is 2.40. The molecule has 4 rings (SSSR count). The third-order valence-electron chi connectivity index (χ3n) is 8.19. The molecule has 0 aliphatic carbocycles. The first-order valence-corrected chi connectivity index (χ1v) is 24.6. The number of nitriles is 1. The molecule has 0 fully saturated rings. The van der Waals surface area contributed by atoms with Gasteiger partial charge in [0.15, 0.2) is 5.65 Å². The standard InChI is InChI=1S/C32H46N6O5SSi2/c1-10-24-17-22(2)28-25(11-12-37(28)31(39)40)27(24)32(3,36-44(41,42)14-16-46(7,8)9)30-35-26-18-23(19-33)20-34-29(26)38(30)21-43-13-15-45(4,5)6/h11-12,17-18,20,36H,10,13-16,21H2,1-9H3,(H,39,40). The van der Waals surface area contributed by atoms with Gasteiger partial charge in [-0.3, -0.25) is 9.13 Å². The Hall–Kier alpha value is -3.36. The Kier molecular flexibility index (Phi) is 10.1. The summed E-state index contributed by atoms with van der Waals surface area (Å²) in [6.07, 6.45) is 2.38. The van der Waals surface area contributed by atoms with Crippen molar-refractivity contribution in [1.82, 2.24) is 23.8 Å². The Morgan fingerprint density at radius 2 is 1.83 bits per heavy atom.